The summed E-state index contributed by atoms with van der Waals surface area (Å²) in [4.78, 5) is 12.3. The second kappa shape index (κ2) is 4.21. The zero-order valence-electron chi connectivity index (χ0n) is 10.6. The van der Waals surface area contributed by atoms with Crippen LogP contribution in [0.3, 0.4) is 0 Å². The molecular formula is C15H16O2. The summed E-state index contributed by atoms with van der Waals surface area (Å²) in [5, 5.41) is 0. The molecule has 0 spiro atoms. The average Bonchev–Trinajstić information content (AvgIpc) is 2.61. The van der Waals surface area contributed by atoms with Crippen molar-refractivity contribution in [3.05, 3.63) is 58.0 Å². The van der Waals surface area contributed by atoms with Gasteiger partial charge in [0.05, 0.1) is 5.56 Å². The number of carbonyl (C=O) groups excluding carboxylic acids is 1. The third kappa shape index (κ3) is 2.16. The largest absolute Gasteiger partial charge is 0.466 e. The molecule has 2 rings (SSSR count). The minimum atomic E-state index is 0.0300. The van der Waals surface area contributed by atoms with Gasteiger partial charge in [-0.05, 0) is 51.0 Å². The van der Waals surface area contributed by atoms with E-state index < -0.39 is 0 Å². The Kier molecular flexibility index (Phi) is 2.88. The van der Waals surface area contributed by atoms with Gasteiger partial charge >= 0.3 is 0 Å². The number of ketones is 1. The molecule has 2 heteroatoms. The number of furan rings is 1. The van der Waals surface area contributed by atoms with Crippen molar-refractivity contribution < 1.29 is 9.21 Å². The van der Waals surface area contributed by atoms with Crippen LogP contribution >= 0.6 is 0 Å². The van der Waals surface area contributed by atoms with Crippen LogP contribution in [0.15, 0.2) is 28.7 Å². The first-order valence-corrected chi connectivity index (χ1v) is 5.68. The van der Waals surface area contributed by atoms with Crippen molar-refractivity contribution in [1.29, 1.82) is 0 Å². The molecule has 1 aromatic heterocycles. The lowest BCUT2D eigenvalue weighted by Crippen LogP contribution is -2.02. The summed E-state index contributed by atoms with van der Waals surface area (Å²) in [7, 11) is 0. The Labute approximate surface area is 101 Å². The van der Waals surface area contributed by atoms with Crippen LogP contribution < -0.4 is 0 Å². The quantitative estimate of drug-likeness (QED) is 0.733. The number of aryl methyl sites for hydroxylation is 4. The van der Waals surface area contributed by atoms with Gasteiger partial charge in [0.15, 0.2) is 5.78 Å². The van der Waals surface area contributed by atoms with Crippen molar-refractivity contribution in [1.82, 2.24) is 0 Å². The summed E-state index contributed by atoms with van der Waals surface area (Å²) in [6.07, 6.45) is 0. The van der Waals surface area contributed by atoms with Gasteiger partial charge in [0.25, 0.3) is 0 Å². The lowest BCUT2D eigenvalue weighted by molar-refractivity contribution is 0.103. The van der Waals surface area contributed by atoms with Gasteiger partial charge in [-0.3, -0.25) is 4.79 Å². The van der Waals surface area contributed by atoms with Gasteiger partial charge in [0.1, 0.15) is 11.5 Å². The molecule has 0 bridgehead atoms. The molecule has 2 aromatic rings. The summed E-state index contributed by atoms with van der Waals surface area (Å²) in [6, 6.07) is 7.57. The topological polar surface area (TPSA) is 30.2 Å². The van der Waals surface area contributed by atoms with Crippen LogP contribution in [0.2, 0.25) is 0 Å². The molecule has 0 aliphatic carbocycles. The molecule has 0 radical (unpaired) electrons. The van der Waals surface area contributed by atoms with E-state index in [0.717, 1.165) is 16.9 Å². The number of hydrogen-bond acceptors (Lipinski definition) is 2. The highest BCUT2D eigenvalue weighted by molar-refractivity contribution is 6.09. The van der Waals surface area contributed by atoms with E-state index in [1.54, 1.807) is 6.07 Å². The van der Waals surface area contributed by atoms with Crippen LogP contribution in [-0.4, -0.2) is 5.78 Å². The van der Waals surface area contributed by atoms with Crippen molar-refractivity contribution >= 4 is 5.78 Å². The molecule has 88 valence electrons. The Hall–Kier alpha value is -1.83. The Morgan fingerprint density at radius 2 is 1.71 bits per heavy atom. The number of hydrogen-bond donors (Lipinski definition) is 0. The van der Waals surface area contributed by atoms with Crippen LogP contribution in [-0.2, 0) is 0 Å². The Morgan fingerprint density at radius 1 is 1.00 bits per heavy atom. The van der Waals surface area contributed by atoms with Gasteiger partial charge in [-0.2, -0.15) is 0 Å². The van der Waals surface area contributed by atoms with Crippen molar-refractivity contribution in [2.45, 2.75) is 27.7 Å². The van der Waals surface area contributed by atoms with Crippen LogP contribution in [0.25, 0.3) is 0 Å². The summed E-state index contributed by atoms with van der Waals surface area (Å²) in [5.41, 5.74) is 3.71. The van der Waals surface area contributed by atoms with Crippen LogP contribution in [0, 0.1) is 27.7 Å². The van der Waals surface area contributed by atoms with E-state index in [-0.39, 0.29) is 5.78 Å². The Balaban J connectivity index is 2.44. The lowest BCUT2D eigenvalue weighted by atomic mass is 9.99. The van der Waals surface area contributed by atoms with E-state index in [4.69, 9.17) is 4.42 Å². The van der Waals surface area contributed by atoms with E-state index in [2.05, 4.69) is 0 Å². The predicted molar refractivity (Wildman–Crippen MR) is 67.5 cm³/mol. The molecule has 0 saturated heterocycles. The van der Waals surface area contributed by atoms with Gasteiger partial charge in [0.2, 0.25) is 0 Å². The summed E-state index contributed by atoms with van der Waals surface area (Å²) < 4.78 is 5.39. The maximum atomic E-state index is 12.3. The highest BCUT2D eigenvalue weighted by atomic mass is 16.3. The molecule has 2 nitrogen and oxygen atoms in total. The van der Waals surface area contributed by atoms with Gasteiger partial charge in [-0.15, -0.1) is 0 Å². The smallest absolute Gasteiger partial charge is 0.196 e. The van der Waals surface area contributed by atoms with E-state index in [9.17, 15) is 4.79 Å². The zero-order valence-corrected chi connectivity index (χ0v) is 10.6. The normalized spacial score (nSPS) is 10.6. The third-order valence-electron chi connectivity index (χ3n) is 3.05. The number of carbonyl (C=O) groups is 1. The van der Waals surface area contributed by atoms with Gasteiger partial charge in [-0.1, -0.05) is 12.1 Å². The predicted octanol–water partition coefficient (Wildman–Crippen LogP) is 3.74. The molecule has 0 N–H and O–H groups in total. The molecule has 1 aromatic carbocycles. The molecule has 0 aliphatic heterocycles. The average molecular weight is 228 g/mol. The second-order valence-electron chi connectivity index (χ2n) is 4.46. The van der Waals surface area contributed by atoms with E-state index in [1.807, 2.05) is 45.9 Å². The van der Waals surface area contributed by atoms with Crippen LogP contribution in [0.5, 0.6) is 0 Å². The van der Waals surface area contributed by atoms with Gasteiger partial charge < -0.3 is 4.42 Å². The fraction of sp³-hybridized carbons (Fsp3) is 0.267. The molecule has 0 saturated carbocycles. The minimum absolute atomic E-state index is 0.0300. The zero-order chi connectivity index (χ0) is 12.6. The maximum absolute atomic E-state index is 12.3. The maximum Gasteiger partial charge on any atom is 0.196 e. The highest BCUT2D eigenvalue weighted by Crippen LogP contribution is 2.19. The van der Waals surface area contributed by atoms with Crippen molar-refractivity contribution in [3.8, 4) is 0 Å². The van der Waals surface area contributed by atoms with E-state index >= 15 is 0 Å². The number of benzene rings is 1. The Bertz CT molecular complexity index is 577. The van der Waals surface area contributed by atoms with Crippen molar-refractivity contribution in [2.24, 2.45) is 0 Å². The first kappa shape index (κ1) is 11.6. The Morgan fingerprint density at radius 3 is 2.24 bits per heavy atom. The molecule has 0 atom stereocenters. The summed E-state index contributed by atoms with van der Waals surface area (Å²) in [5.74, 6) is 1.49. The summed E-state index contributed by atoms with van der Waals surface area (Å²) >= 11 is 0. The summed E-state index contributed by atoms with van der Waals surface area (Å²) in [6.45, 7) is 7.72. The van der Waals surface area contributed by atoms with Crippen molar-refractivity contribution in [2.75, 3.05) is 0 Å². The molecule has 0 fully saturated rings. The standard InChI is InChI=1S/C15H16O2/c1-9-5-6-13(7-10(9)2)15(16)14-8-11(3)17-12(14)4/h5-8H,1-4H3. The first-order chi connectivity index (χ1) is 7.99. The number of rotatable bonds is 2. The van der Waals surface area contributed by atoms with Gasteiger partial charge in [-0.25, -0.2) is 0 Å². The van der Waals surface area contributed by atoms with E-state index in [1.165, 1.54) is 5.56 Å². The fourth-order valence-corrected chi connectivity index (χ4v) is 1.89. The molecule has 0 aliphatic rings. The second-order valence-corrected chi connectivity index (χ2v) is 4.46. The molecule has 17 heavy (non-hydrogen) atoms. The lowest BCUT2D eigenvalue weighted by Gasteiger charge is -2.03. The first-order valence-electron chi connectivity index (χ1n) is 5.68. The highest BCUT2D eigenvalue weighted by Gasteiger charge is 2.15. The van der Waals surface area contributed by atoms with Gasteiger partial charge in [0, 0.05) is 5.56 Å². The SMILES string of the molecule is Cc1cc(C(=O)c2ccc(C)c(C)c2)c(C)o1. The minimum Gasteiger partial charge on any atom is -0.466 e. The molecule has 1 heterocycles. The third-order valence-corrected chi connectivity index (χ3v) is 3.05. The molecular weight excluding hydrogens is 212 g/mol. The van der Waals surface area contributed by atoms with Crippen LogP contribution in [0.4, 0.5) is 0 Å². The van der Waals surface area contributed by atoms with Crippen LogP contribution in [0.1, 0.15) is 38.6 Å². The van der Waals surface area contributed by atoms with E-state index in [0.29, 0.717) is 11.3 Å². The molecule has 0 unspecified atom stereocenters. The molecule has 0 amide bonds. The van der Waals surface area contributed by atoms with Crippen molar-refractivity contribution in [3.63, 3.8) is 0 Å². The fourth-order valence-electron chi connectivity index (χ4n) is 1.89. The monoisotopic (exact) mass is 228 g/mol.